The molecule has 1 aliphatic rings. The number of ether oxygens (including phenoxy) is 2. The molecular weight excluding hydrogens is 350 g/mol. The van der Waals surface area contributed by atoms with E-state index in [-0.39, 0.29) is 5.97 Å². The molecule has 0 aliphatic carbocycles. The summed E-state index contributed by atoms with van der Waals surface area (Å²) in [5.74, 6) is 0.815. The monoisotopic (exact) mass is 373 g/mol. The Labute approximate surface area is 165 Å². The third kappa shape index (κ3) is 3.92. The molecule has 142 valence electrons. The highest BCUT2D eigenvalue weighted by atomic mass is 16.6. The van der Waals surface area contributed by atoms with E-state index in [1.165, 1.54) is 0 Å². The summed E-state index contributed by atoms with van der Waals surface area (Å²) in [6, 6.07) is 26.7. The van der Waals surface area contributed by atoms with Crippen molar-refractivity contribution in [2.45, 2.75) is 18.4 Å². The molecule has 1 N–H and O–H groups in total. The number of carbonyl (C=O) groups excluding carboxylic acids is 1. The second-order valence-electron chi connectivity index (χ2n) is 6.91. The van der Waals surface area contributed by atoms with E-state index in [4.69, 9.17) is 9.47 Å². The van der Waals surface area contributed by atoms with Gasteiger partial charge in [0.1, 0.15) is 22.7 Å². The van der Waals surface area contributed by atoms with Crippen LogP contribution >= 0.6 is 0 Å². The average Bonchev–Trinajstić information content (AvgIpc) is 2.76. The molecule has 0 radical (unpaired) electrons. The Morgan fingerprint density at radius 3 is 2.11 bits per heavy atom. The fourth-order valence-electron chi connectivity index (χ4n) is 3.59. The molecule has 4 rings (SSSR count). The van der Waals surface area contributed by atoms with Crippen LogP contribution in [0.4, 0.5) is 0 Å². The van der Waals surface area contributed by atoms with Crippen molar-refractivity contribution in [2.75, 3.05) is 13.1 Å². The van der Waals surface area contributed by atoms with Crippen LogP contribution < -0.4 is 10.1 Å². The van der Waals surface area contributed by atoms with Crippen LogP contribution in [0, 0.1) is 0 Å². The van der Waals surface area contributed by atoms with Crippen LogP contribution in [0.15, 0.2) is 84.9 Å². The Hall–Kier alpha value is -3.11. The van der Waals surface area contributed by atoms with E-state index < -0.39 is 5.60 Å². The van der Waals surface area contributed by atoms with E-state index in [0.717, 1.165) is 31.5 Å². The Morgan fingerprint density at radius 1 is 0.786 bits per heavy atom. The maximum Gasteiger partial charge on any atom is 0.342 e. The first kappa shape index (κ1) is 18.3. The molecule has 1 heterocycles. The van der Waals surface area contributed by atoms with Gasteiger partial charge in [-0.15, -0.1) is 0 Å². The number of hydrogen-bond acceptors (Lipinski definition) is 4. The van der Waals surface area contributed by atoms with E-state index in [1.54, 1.807) is 12.1 Å². The van der Waals surface area contributed by atoms with E-state index in [2.05, 4.69) is 5.32 Å². The molecule has 3 aromatic rings. The SMILES string of the molecule is O=C(OC1(c2ccccc2)CCNCC1)c1ccccc1Oc1ccccc1. The number of carbonyl (C=O) groups is 1. The molecule has 4 nitrogen and oxygen atoms in total. The van der Waals surface area contributed by atoms with Crippen LogP contribution in [0.2, 0.25) is 0 Å². The molecule has 0 spiro atoms. The summed E-state index contributed by atoms with van der Waals surface area (Å²) in [4.78, 5) is 13.2. The van der Waals surface area contributed by atoms with Gasteiger partial charge in [0, 0.05) is 12.8 Å². The Morgan fingerprint density at radius 2 is 1.39 bits per heavy atom. The first-order chi connectivity index (χ1) is 13.8. The zero-order valence-electron chi connectivity index (χ0n) is 15.6. The van der Waals surface area contributed by atoms with Crippen molar-refractivity contribution in [1.82, 2.24) is 5.32 Å². The fraction of sp³-hybridized carbons (Fsp3) is 0.208. The highest BCUT2D eigenvalue weighted by Crippen LogP contribution is 2.37. The third-order valence-corrected chi connectivity index (χ3v) is 5.08. The van der Waals surface area contributed by atoms with Gasteiger partial charge in [-0.25, -0.2) is 4.79 Å². The smallest absolute Gasteiger partial charge is 0.342 e. The first-order valence-corrected chi connectivity index (χ1v) is 9.58. The van der Waals surface area contributed by atoms with Gasteiger partial charge < -0.3 is 14.8 Å². The van der Waals surface area contributed by atoms with Crippen molar-refractivity contribution < 1.29 is 14.3 Å². The highest BCUT2D eigenvalue weighted by Gasteiger charge is 2.38. The van der Waals surface area contributed by atoms with Crippen molar-refractivity contribution in [1.29, 1.82) is 0 Å². The number of hydrogen-bond donors (Lipinski definition) is 1. The van der Waals surface area contributed by atoms with Crippen LogP contribution in [-0.4, -0.2) is 19.1 Å². The number of rotatable bonds is 5. The van der Waals surface area contributed by atoms with Crippen LogP contribution in [0.5, 0.6) is 11.5 Å². The van der Waals surface area contributed by atoms with Crippen molar-refractivity contribution in [2.24, 2.45) is 0 Å². The highest BCUT2D eigenvalue weighted by molar-refractivity contribution is 5.93. The van der Waals surface area contributed by atoms with E-state index in [9.17, 15) is 4.79 Å². The molecule has 0 atom stereocenters. The first-order valence-electron chi connectivity index (χ1n) is 9.58. The van der Waals surface area contributed by atoms with Crippen LogP contribution in [0.3, 0.4) is 0 Å². The molecule has 1 fully saturated rings. The van der Waals surface area contributed by atoms with Gasteiger partial charge in [-0.05, 0) is 42.9 Å². The van der Waals surface area contributed by atoms with Gasteiger partial charge in [0.15, 0.2) is 0 Å². The maximum atomic E-state index is 13.2. The van der Waals surface area contributed by atoms with Gasteiger partial charge in [0.2, 0.25) is 0 Å². The second-order valence-corrected chi connectivity index (χ2v) is 6.91. The molecule has 0 amide bonds. The van der Waals surface area contributed by atoms with E-state index >= 15 is 0 Å². The number of esters is 1. The van der Waals surface area contributed by atoms with Crippen molar-refractivity contribution in [3.8, 4) is 11.5 Å². The summed E-state index contributed by atoms with van der Waals surface area (Å²) >= 11 is 0. The van der Waals surface area contributed by atoms with Crippen molar-refractivity contribution >= 4 is 5.97 Å². The summed E-state index contributed by atoms with van der Waals surface area (Å²) in [5.41, 5.74) is 0.843. The third-order valence-electron chi connectivity index (χ3n) is 5.08. The van der Waals surface area contributed by atoms with E-state index in [0.29, 0.717) is 17.1 Å². The summed E-state index contributed by atoms with van der Waals surface area (Å²) in [7, 11) is 0. The van der Waals surface area contributed by atoms with Crippen LogP contribution in [0.1, 0.15) is 28.8 Å². The van der Waals surface area contributed by atoms with Crippen LogP contribution in [0.25, 0.3) is 0 Å². The minimum Gasteiger partial charge on any atom is -0.456 e. The van der Waals surface area contributed by atoms with Crippen molar-refractivity contribution in [3.63, 3.8) is 0 Å². The molecule has 28 heavy (non-hydrogen) atoms. The quantitative estimate of drug-likeness (QED) is 0.645. The van der Waals surface area contributed by atoms with Gasteiger partial charge in [0.25, 0.3) is 0 Å². The van der Waals surface area contributed by atoms with Gasteiger partial charge in [-0.3, -0.25) is 0 Å². The zero-order chi connectivity index (χ0) is 19.2. The number of nitrogens with one attached hydrogen (secondary N) is 1. The molecule has 1 saturated heterocycles. The lowest BCUT2D eigenvalue weighted by molar-refractivity contribution is -0.0380. The molecule has 0 aromatic heterocycles. The minimum absolute atomic E-state index is 0.364. The molecule has 1 aliphatic heterocycles. The zero-order valence-corrected chi connectivity index (χ0v) is 15.6. The largest absolute Gasteiger partial charge is 0.456 e. The molecule has 4 heteroatoms. The van der Waals surface area contributed by atoms with E-state index in [1.807, 2.05) is 72.8 Å². The van der Waals surface area contributed by atoms with Gasteiger partial charge in [-0.1, -0.05) is 60.7 Å². The predicted octanol–water partition coefficient (Wildman–Crippen LogP) is 4.91. The molecular formula is C24H23NO3. The molecule has 0 bridgehead atoms. The number of benzene rings is 3. The summed E-state index contributed by atoms with van der Waals surface area (Å²) in [6.45, 7) is 1.62. The van der Waals surface area contributed by atoms with Gasteiger partial charge in [-0.2, -0.15) is 0 Å². The Bertz CT molecular complexity index is 919. The molecule has 0 unspecified atom stereocenters. The van der Waals surface area contributed by atoms with Gasteiger partial charge >= 0.3 is 5.97 Å². The Balaban J connectivity index is 1.62. The minimum atomic E-state index is -0.622. The topological polar surface area (TPSA) is 47.6 Å². The Kier molecular flexibility index (Phi) is 5.40. The predicted molar refractivity (Wildman–Crippen MR) is 109 cm³/mol. The lowest BCUT2D eigenvalue weighted by Gasteiger charge is -2.37. The summed E-state index contributed by atoms with van der Waals surface area (Å²) in [6.07, 6.45) is 1.48. The van der Waals surface area contributed by atoms with Crippen molar-refractivity contribution in [3.05, 3.63) is 96.1 Å². The average molecular weight is 373 g/mol. The van der Waals surface area contributed by atoms with Gasteiger partial charge in [0.05, 0.1) is 0 Å². The second kappa shape index (κ2) is 8.28. The summed E-state index contributed by atoms with van der Waals surface area (Å²) < 4.78 is 12.1. The molecule has 3 aromatic carbocycles. The maximum absolute atomic E-state index is 13.2. The standard InChI is InChI=1S/C24H23NO3/c26-23(21-13-7-8-14-22(21)27-20-11-5-2-6-12-20)28-24(15-17-25-18-16-24)19-9-3-1-4-10-19/h1-14,25H,15-18H2. The number of piperidine rings is 1. The fourth-order valence-corrected chi connectivity index (χ4v) is 3.59. The normalized spacial score (nSPS) is 15.6. The molecule has 0 saturated carbocycles. The number of para-hydroxylation sites is 2. The lowest BCUT2D eigenvalue weighted by Crippen LogP contribution is -2.43. The lowest BCUT2D eigenvalue weighted by atomic mass is 9.84. The summed E-state index contributed by atoms with van der Waals surface area (Å²) in [5, 5.41) is 3.35. The van der Waals surface area contributed by atoms with Crippen LogP contribution in [-0.2, 0) is 10.3 Å².